The number of aromatic nitrogens is 1. The van der Waals surface area contributed by atoms with Gasteiger partial charge in [-0.1, -0.05) is 30.1 Å². The second-order valence-corrected chi connectivity index (χ2v) is 6.45. The number of benzene rings is 1. The van der Waals surface area contributed by atoms with Crippen molar-refractivity contribution >= 4 is 34.8 Å². The number of carbonyl (C=O) groups excluding carboxylic acids is 1. The molecule has 0 atom stereocenters. The number of rotatable bonds is 4. The van der Waals surface area contributed by atoms with Gasteiger partial charge in [0.15, 0.2) is 0 Å². The van der Waals surface area contributed by atoms with Gasteiger partial charge in [0.25, 0.3) is 0 Å². The van der Waals surface area contributed by atoms with E-state index < -0.39 is 0 Å². The van der Waals surface area contributed by atoms with Crippen LogP contribution >= 0.6 is 23.2 Å². The van der Waals surface area contributed by atoms with Crippen LogP contribution in [0.15, 0.2) is 35.7 Å². The molecule has 0 radical (unpaired) electrons. The maximum absolute atomic E-state index is 12.2. The number of hydrogen-bond donors (Lipinski definition) is 0. The smallest absolute Gasteiger partial charge is 0.242 e. The molecule has 0 aliphatic carbocycles. The van der Waals surface area contributed by atoms with Gasteiger partial charge in [-0.15, -0.1) is 0 Å². The Labute approximate surface area is 156 Å². The van der Waals surface area contributed by atoms with Gasteiger partial charge in [0.1, 0.15) is 5.75 Å². The van der Waals surface area contributed by atoms with Gasteiger partial charge in [0.05, 0.1) is 29.4 Å². The van der Waals surface area contributed by atoms with Gasteiger partial charge in [-0.25, -0.2) is 5.01 Å². The number of nitrogens with zero attached hydrogens (tertiary/aromatic N) is 3. The molecule has 25 heavy (non-hydrogen) atoms. The first-order valence-corrected chi connectivity index (χ1v) is 8.62. The zero-order valence-electron chi connectivity index (χ0n) is 13.9. The normalized spacial score (nSPS) is 13.3. The number of hydrazone groups is 1. The molecule has 0 bridgehead atoms. The van der Waals surface area contributed by atoms with Crippen LogP contribution in [0.1, 0.15) is 30.0 Å². The predicted octanol–water partition coefficient (Wildman–Crippen LogP) is 4.10. The molecule has 1 aliphatic rings. The Morgan fingerprint density at radius 3 is 2.64 bits per heavy atom. The molecular weight excluding hydrogens is 361 g/mol. The zero-order valence-corrected chi connectivity index (χ0v) is 15.4. The summed E-state index contributed by atoms with van der Waals surface area (Å²) in [7, 11) is 1.62. The third-order valence-corrected chi connectivity index (χ3v) is 4.72. The number of hydrogen-bond acceptors (Lipinski definition) is 4. The molecule has 2 aromatic rings. The van der Waals surface area contributed by atoms with E-state index in [1.807, 2.05) is 25.1 Å². The Hall–Kier alpha value is -2.11. The van der Waals surface area contributed by atoms with Gasteiger partial charge in [-0.05, 0) is 29.3 Å². The Bertz CT molecular complexity index is 832. The topological polar surface area (TPSA) is 54.8 Å². The molecule has 1 aromatic carbocycles. The Morgan fingerprint density at radius 1 is 1.28 bits per heavy atom. The average molecular weight is 378 g/mol. The zero-order chi connectivity index (χ0) is 18.0. The predicted molar refractivity (Wildman–Crippen MR) is 98.3 cm³/mol. The summed E-state index contributed by atoms with van der Waals surface area (Å²) >= 11 is 12.5. The van der Waals surface area contributed by atoms with E-state index in [1.165, 1.54) is 5.01 Å². The van der Waals surface area contributed by atoms with Gasteiger partial charge in [-0.3, -0.25) is 9.78 Å². The van der Waals surface area contributed by atoms with E-state index in [0.29, 0.717) is 29.4 Å². The number of fused-ring (bicyclic) bond motifs is 1. The van der Waals surface area contributed by atoms with Crippen LogP contribution in [0.4, 0.5) is 0 Å². The van der Waals surface area contributed by atoms with Crippen molar-refractivity contribution in [1.82, 2.24) is 9.99 Å². The molecule has 0 unspecified atom stereocenters. The number of ether oxygens (including phenoxy) is 1. The van der Waals surface area contributed by atoms with Crippen molar-refractivity contribution in [3.63, 3.8) is 0 Å². The molecule has 2 heterocycles. The largest absolute Gasteiger partial charge is 0.497 e. The van der Waals surface area contributed by atoms with Gasteiger partial charge in [0, 0.05) is 30.8 Å². The van der Waals surface area contributed by atoms with Crippen LogP contribution in [0.3, 0.4) is 0 Å². The molecule has 3 rings (SSSR count). The number of pyridine rings is 1. The minimum absolute atomic E-state index is 0.0436. The highest BCUT2D eigenvalue weighted by molar-refractivity contribution is 6.36. The standard InChI is InChI=1S/C18H17Cl2N3O2/c1-3-18(24)23-10-11-6-12(25-2)4-5-13(11)17(22-23)7-14-15(19)8-21-9-16(14)20/h4-6,8-9H,3,7,10H2,1-2H3. The number of carbonyl (C=O) groups is 1. The second kappa shape index (κ2) is 7.42. The minimum Gasteiger partial charge on any atom is -0.497 e. The molecule has 5 nitrogen and oxygen atoms in total. The first-order valence-electron chi connectivity index (χ1n) is 7.86. The molecule has 0 spiro atoms. The van der Waals surface area contributed by atoms with Crippen LogP contribution in [0.5, 0.6) is 5.75 Å². The van der Waals surface area contributed by atoms with Crippen LogP contribution < -0.4 is 4.74 Å². The van der Waals surface area contributed by atoms with Gasteiger partial charge < -0.3 is 4.74 Å². The van der Waals surface area contributed by atoms with E-state index >= 15 is 0 Å². The third-order valence-electron chi connectivity index (χ3n) is 4.07. The summed E-state index contributed by atoms with van der Waals surface area (Å²) in [5.41, 5.74) is 3.42. The summed E-state index contributed by atoms with van der Waals surface area (Å²) in [4.78, 5) is 16.2. The molecule has 0 fully saturated rings. The highest BCUT2D eigenvalue weighted by Gasteiger charge is 2.24. The third kappa shape index (κ3) is 3.62. The number of methoxy groups -OCH3 is 1. The van der Waals surface area contributed by atoms with Gasteiger partial charge in [0.2, 0.25) is 5.91 Å². The summed E-state index contributed by atoms with van der Waals surface area (Å²) < 4.78 is 5.30. The lowest BCUT2D eigenvalue weighted by atomic mass is 9.96. The summed E-state index contributed by atoms with van der Waals surface area (Å²) in [6.07, 6.45) is 3.89. The van der Waals surface area contributed by atoms with Crippen LogP contribution in [-0.4, -0.2) is 28.7 Å². The van der Waals surface area contributed by atoms with Gasteiger partial charge >= 0.3 is 0 Å². The van der Waals surface area contributed by atoms with Crippen molar-refractivity contribution in [3.8, 4) is 5.75 Å². The molecule has 130 valence electrons. The molecule has 7 heteroatoms. The molecule has 0 N–H and O–H groups in total. The molecule has 1 amide bonds. The van der Waals surface area contributed by atoms with Crippen molar-refractivity contribution in [3.05, 3.63) is 57.3 Å². The Kier molecular flexibility index (Phi) is 5.25. The molecule has 1 aliphatic heterocycles. The maximum Gasteiger partial charge on any atom is 0.242 e. The summed E-state index contributed by atoms with van der Waals surface area (Å²) in [5.74, 6) is 0.696. The van der Waals surface area contributed by atoms with E-state index in [9.17, 15) is 4.79 Å². The SMILES string of the molecule is CCC(=O)N1Cc2cc(OC)ccc2C(Cc2c(Cl)cncc2Cl)=N1. The van der Waals surface area contributed by atoms with E-state index in [2.05, 4.69) is 10.1 Å². The van der Waals surface area contributed by atoms with Crippen LogP contribution in [0.2, 0.25) is 10.0 Å². The van der Waals surface area contributed by atoms with Crippen molar-refractivity contribution in [2.45, 2.75) is 26.3 Å². The second-order valence-electron chi connectivity index (χ2n) is 5.63. The average Bonchev–Trinajstić information content (AvgIpc) is 2.63. The van der Waals surface area contributed by atoms with Crippen LogP contribution in [-0.2, 0) is 17.8 Å². The van der Waals surface area contributed by atoms with Gasteiger partial charge in [-0.2, -0.15) is 5.10 Å². The Morgan fingerprint density at radius 2 is 2.00 bits per heavy atom. The highest BCUT2D eigenvalue weighted by atomic mass is 35.5. The monoisotopic (exact) mass is 377 g/mol. The highest BCUT2D eigenvalue weighted by Crippen LogP contribution is 2.29. The lowest BCUT2D eigenvalue weighted by Gasteiger charge is -2.26. The van der Waals surface area contributed by atoms with Crippen molar-refractivity contribution < 1.29 is 9.53 Å². The number of halogens is 2. The number of amides is 1. The van der Waals surface area contributed by atoms with E-state index in [1.54, 1.807) is 19.5 Å². The first-order chi connectivity index (χ1) is 12.0. The minimum atomic E-state index is -0.0436. The summed E-state index contributed by atoms with van der Waals surface area (Å²) in [6.45, 7) is 2.23. The molecule has 1 aromatic heterocycles. The lowest BCUT2D eigenvalue weighted by Crippen LogP contribution is -2.31. The van der Waals surface area contributed by atoms with E-state index in [-0.39, 0.29) is 5.91 Å². The van der Waals surface area contributed by atoms with Crippen LogP contribution in [0.25, 0.3) is 0 Å². The van der Waals surface area contributed by atoms with E-state index in [4.69, 9.17) is 27.9 Å². The first kappa shape index (κ1) is 17.7. The van der Waals surface area contributed by atoms with E-state index in [0.717, 1.165) is 28.2 Å². The fraction of sp³-hybridized carbons (Fsp3) is 0.278. The van der Waals surface area contributed by atoms with Crippen LogP contribution in [0, 0.1) is 0 Å². The summed E-state index contributed by atoms with van der Waals surface area (Å²) in [5, 5.41) is 6.99. The molecule has 0 saturated carbocycles. The van der Waals surface area contributed by atoms with Crippen molar-refractivity contribution in [2.24, 2.45) is 5.10 Å². The maximum atomic E-state index is 12.2. The van der Waals surface area contributed by atoms with Crippen molar-refractivity contribution in [2.75, 3.05) is 7.11 Å². The lowest BCUT2D eigenvalue weighted by molar-refractivity contribution is -0.131. The fourth-order valence-corrected chi connectivity index (χ4v) is 3.24. The Balaban J connectivity index is 2.05. The quantitative estimate of drug-likeness (QED) is 0.805. The van der Waals surface area contributed by atoms with Crippen molar-refractivity contribution in [1.29, 1.82) is 0 Å². The molecular formula is C18H17Cl2N3O2. The molecule has 0 saturated heterocycles. The fourth-order valence-electron chi connectivity index (χ4n) is 2.74. The summed E-state index contributed by atoms with van der Waals surface area (Å²) in [6, 6.07) is 5.75.